The van der Waals surface area contributed by atoms with Crippen molar-refractivity contribution in [1.29, 1.82) is 0 Å². The Morgan fingerprint density at radius 1 is 1.05 bits per heavy atom. The van der Waals surface area contributed by atoms with Crippen molar-refractivity contribution in [2.24, 2.45) is 5.41 Å². The van der Waals surface area contributed by atoms with Crippen LogP contribution in [-0.4, -0.2) is 11.8 Å². The van der Waals surface area contributed by atoms with Crippen LogP contribution in [0.25, 0.3) is 0 Å². The zero-order chi connectivity index (χ0) is 15.0. The summed E-state index contributed by atoms with van der Waals surface area (Å²) in [6, 6.07) is 3.97. The second-order valence-corrected chi connectivity index (χ2v) is 6.24. The van der Waals surface area contributed by atoms with Crippen LogP contribution in [-0.2, 0) is 9.59 Å². The highest BCUT2D eigenvalue weighted by molar-refractivity contribution is 6.17. The Morgan fingerprint density at radius 3 is 2.24 bits per heavy atom. The molecule has 2 aliphatic rings. The van der Waals surface area contributed by atoms with Gasteiger partial charge in [-0.05, 0) is 36.5 Å². The number of hydrogen-bond donors (Lipinski definition) is 1. The number of nitrogens with two attached hydrogens (primary N) is 1. The van der Waals surface area contributed by atoms with Gasteiger partial charge >= 0.3 is 0 Å². The quantitative estimate of drug-likeness (QED) is 0.638. The molecule has 1 aliphatic heterocycles. The number of anilines is 2. The van der Waals surface area contributed by atoms with Crippen LogP contribution in [0.5, 0.6) is 0 Å². The average molecular weight is 290 g/mol. The topological polar surface area (TPSA) is 63.4 Å². The maximum absolute atomic E-state index is 13.2. The van der Waals surface area contributed by atoms with E-state index < -0.39 is 5.82 Å². The van der Waals surface area contributed by atoms with Crippen LogP contribution >= 0.6 is 0 Å². The van der Waals surface area contributed by atoms with E-state index in [2.05, 4.69) is 0 Å². The van der Waals surface area contributed by atoms with Crippen molar-refractivity contribution in [3.05, 3.63) is 24.0 Å². The molecule has 3 rings (SSSR count). The van der Waals surface area contributed by atoms with Gasteiger partial charge in [-0.25, -0.2) is 4.39 Å². The molecule has 1 aromatic rings. The van der Waals surface area contributed by atoms with Crippen LogP contribution in [0.3, 0.4) is 0 Å². The molecule has 0 bridgehead atoms. The molecule has 21 heavy (non-hydrogen) atoms. The first-order valence-electron chi connectivity index (χ1n) is 7.42. The highest BCUT2D eigenvalue weighted by Gasteiger charge is 2.44. The number of carbonyl (C=O) groups is 2. The fourth-order valence-electron chi connectivity index (χ4n) is 3.61. The van der Waals surface area contributed by atoms with Crippen LogP contribution < -0.4 is 10.6 Å². The van der Waals surface area contributed by atoms with Crippen molar-refractivity contribution in [3.8, 4) is 0 Å². The molecule has 0 atom stereocenters. The maximum Gasteiger partial charge on any atom is 0.234 e. The minimum Gasteiger partial charge on any atom is -0.396 e. The van der Waals surface area contributed by atoms with Crippen LogP contribution in [0, 0.1) is 11.2 Å². The molecule has 2 N–H and O–H groups in total. The van der Waals surface area contributed by atoms with Gasteiger partial charge in [0.2, 0.25) is 11.8 Å². The van der Waals surface area contributed by atoms with E-state index in [0.29, 0.717) is 18.5 Å². The number of carbonyl (C=O) groups excluding carboxylic acids is 2. The maximum atomic E-state index is 13.2. The number of imide groups is 1. The monoisotopic (exact) mass is 290 g/mol. The Morgan fingerprint density at radius 2 is 1.67 bits per heavy atom. The molecule has 0 unspecified atom stereocenters. The summed E-state index contributed by atoms with van der Waals surface area (Å²) in [5, 5.41) is 0. The van der Waals surface area contributed by atoms with E-state index in [1.165, 1.54) is 24.6 Å². The lowest BCUT2D eigenvalue weighted by Gasteiger charge is -2.42. The molecule has 1 aromatic carbocycles. The summed E-state index contributed by atoms with van der Waals surface area (Å²) < 4.78 is 13.2. The van der Waals surface area contributed by atoms with Gasteiger partial charge in [0.15, 0.2) is 0 Å². The van der Waals surface area contributed by atoms with Gasteiger partial charge < -0.3 is 5.73 Å². The van der Waals surface area contributed by atoms with Crippen LogP contribution in [0.15, 0.2) is 18.2 Å². The lowest BCUT2D eigenvalue weighted by Crippen LogP contribution is -2.48. The van der Waals surface area contributed by atoms with E-state index in [-0.39, 0.29) is 22.9 Å². The number of nitrogens with zero attached hydrogens (tertiary/aromatic N) is 1. The minimum atomic E-state index is -0.542. The molecule has 1 aliphatic carbocycles. The standard InChI is InChI=1S/C16H19FN2O2/c17-12-5-4-11(8-13(12)18)19-14(20)9-16(10-15(19)21)6-2-1-3-7-16/h4-5,8H,1-3,6-7,9-10,18H2. The van der Waals surface area contributed by atoms with Gasteiger partial charge in [-0.3, -0.25) is 14.5 Å². The Hall–Kier alpha value is -1.91. The molecule has 0 aromatic heterocycles. The smallest absolute Gasteiger partial charge is 0.234 e. The number of hydrogen-bond acceptors (Lipinski definition) is 3. The van der Waals surface area contributed by atoms with Crippen LogP contribution in [0.1, 0.15) is 44.9 Å². The van der Waals surface area contributed by atoms with Crippen molar-refractivity contribution < 1.29 is 14.0 Å². The Balaban J connectivity index is 1.86. The predicted molar refractivity (Wildman–Crippen MR) is 78.1 cm³/mol. The zero-order valence-electron chi connectivity index (χ0n) is 11.9. The predicted octanol–water partition coefficient (Wildman–Crippen LogP) is 3.01. The zero-order valence-corrected chi connectivity index (χ0v) is 11.9. The van der Waals surface area contributed by atoms with Crippen molar-refractivity contribution in [3.63, 3.8) is 0 Å². The number of amides is 2. The first-order chi connectivity index (χ1) is 10.0. The number of rotatable bonds is 1. The normalized spacial score (nSPS) is 21.9. The van der Waals surface area contributed by atoms with Gasteiger partial charge in [-0.1, -0.05) is 19.3 Å². The molecule has 1 saturated heterocycles. The third kappa shape index (κ3) is 2.52. The van der Waals surface area contributed by atoms with E-state index in [1.54, 1.807) is 0 Å². The average Bonchev–Trinajstić information content (AvgIpc) is 2.42. The Kier molecular flexibility index (Phi) is 3.43. The SMILES string of the molecule is Nc1cc(N2C(=O)CC3(CCCCC3)CC2=O)ccc1F. The summed E-state index contributed by atoms with van der Waals surface area (Å²) in [6.07, 6.45) is 6.05. The molecule has 0 radical (unpaired) electrons. The molecular weight excluding hydrogens is 271 g/mol. The second kappa shape index (κ2) is 5.13. The molecule has 1 saturated carbocycles. The number of piperidine rings is 1. The Labute approximate surface area is 123 Å². The summed E-state index contributed by atoms with van der Waals surface area (Å²) >= 11 is 0. The molecular formula is C16H19FN2O2. The summed E-state index contributed by atoms with van der Waals surface area (Å²) in [5.41, 5.74) is 5.71. The summed E-state index contributed by atoms with van der Waals surface area (Å²) in [5.74, 6) is -0.933. The van der Waals surface area contributed by atoms with E-state index in [4.69, 9.17) is 5.73 Å². The molecule has 2 amide bonds. The fraction of sp³-hybridized carbons (Fsp3) is 0.500. The van der Waals surface area contributed by atoms with Gasteiger partial charge in [0.25, 0.3) is 0 Å². The van der Waals surface area contributed by atoms with Crippen molar-refractivity contribution in [1.82, 2.24) is 0 Å². The van der Waals surface area contributed by atoms with Gasteiger partial charge in [0.05, 0.1) is 11.4 Å². The number of benzene rings is 1. The highest BCUT2D eigenvalue weighted by Crippen LogP contribution is 2.46. The third-order valence-corrected chi connectivity index (χ3v) is 4.70. The molecule has 5 heteroatoms. The summed E-state index contributed by atoms with van der Waals surface area (Å²) in [7, 11) is 0. The summed E-state index contributed by atoms with van der Waals surface area (Å²) in [4.78, 5) is 26.1. The molecule has 1 heterocycles. The molecule has 2 fully saturated rings. The summed E-state index contributed by atoms with van der Waals surface area (Å²) in [6.45, 7) is 0. The van der Waals surface area contributed by atoms with Crippen LogP contribution in [0.4, 0.5) is 15.8 Å². The van der Waals surface area contributed by atoms with Crippen LogP contribution in [0.2, 0.25) is 0 Å². The largest absolute Gasteiger partial charge is 0.396 e. The fourth-order valence-corrected chi connectivity index (χ4v) is 3.61. The lowest BCUT2D eigenvalue weighted by molar-refractivity contribution is -0.134. The molecule has 1 spiro atoms. The third-order valence-electron chi connectivity index (χ3n) is 4.70. The van der Waals surface area contributed by atoms with Gasteiger partial charge in [0, 0.05) is 12.8 Å². The van der Waals surface area contributed by atoms with Gasteiger partial charge in [0.1, 0.15) is 5.82 Å². The van der Waals surface area contributed by atoms with Gasteiger partial charge in [-0.2, -0.15) is 0 Å². The van der Waals surface area contributed by atoms with E-state index in [0.717, 1.165) is 30.6 Å². The van der Waals surface area contributed by atoms with Gasteiger partial charge in [-0.15, -0.1) is 0 Å². The first-order valence-corrected chi connectivity index (χ1v) is 7.42. The highest BCUT2D eigenvalue weighted by atomic mass is 19.1. The minimum absolute atomic E-state index is 0.0500. The number of nitrogen functional groups attached to an aromatic ring is 1. The number of halogens is 1. The van der Waals surface area contributed by atoms with Crippen molar-refractivity contribution >= 4 is 23.2 Å². The van der Waals surface area contributed by atoms with Crippen molar-refractivity contribution in [2.45, 2.75) is 44.9 Å². The lowest BCUT2D eigenvalue weighted by atomic mass is 9.67. The van der Waals surface area contributed by atoms with Crippen molar-refractivity contribution in [2.75, 3.05) is 10.6 Å². The van der Waals surface area contributed by atoms with E-state index >= 15 is 0 Å². The Bertz CT molecular complexity index is 574. The molecule has 4 nitrogen and oxygen atoms in total. The molecule has 112 valence electrons. The van der Waals surface area contributed by atoms with E-state index in [9.17, 15) is 14.0 Å². The second-order valence-electron chi connectivity index (χ2n) is 6.24. The van der Waals surface area contributed by atoms with E-state index in [1.807, 2.05) is 0 Å². The first kappa shape index (κ1) is 14.0.